The molecule has 0 saturated carbocycles. The zero-order valence-electron chi connectivity index (χ0n) is 7.25. The van der Waals surface area contributed by atoms with E-state index in [1.807, 2.05) is 0 Å². The van der Waals surface area contributed by atoms with E-state index in [9.17, 15) is 4.79 Å². The monoisotopic (exact) mass is 218 g/mol. The molecule has 5 nitrogen and oxygen atoms in total. The summed E-state index contributed by atoms with van der Waals surface area (Å²) in [6.07, 6.45) is 1.42. The van der Waals surface area contributed by atoms with Crippen molar-refractivity contribution in [1.82, 2.24) is 4.98 Å². The van der Waals surface area contributed by atoms with Crippen molar-refractivity contribution in [2.45, 2.75) is 12.5 Å². The van der Waals surface area contributed by atoms with Gasteiger partial charge in [-0.1, -0.05) is 0 Å². The number of aromatic hydroxyl groups is 1. The Bertz CT molecular complexity index is 302. The third-order valence-electron chi connectivity index (χ3n) is 1.56. The number of pyridine rings is 1. The van der Waals surface area contributed by atoms with Crippen LogP contribution in [0.2, 0.25) is 0 Å². The number of carbonyl (C=O) groups is 1. The molecule has 1 rings (SSSR count). The maximum atomic E-state index is 10.4. The molecular formula is C8H11ClN2O3. The summed E-state index contributed by atoms with van der Waals surface area (Å²) in [5.74, 6) is -1.01. The van der Waals surface area contributed by atoms with Crippen LogP contribution in [0.5, 0.6) is 5.75 Å². The Morgan fingerprint density at radius 3 is 2.64 bits per heavy atom. The minimum atomic E-state index is -1.06. The summed E-state index contributed by atoms with van der Waals surface area (Å²) >= 11 is 0. The second kappa shape index (κ2) is 5.41. The van der Waals surface area contributed by atoms with Crippen LogP contribution < -0.4 is 5.73 Å². The van der Waals surface area contributed by atoms with Gasteiger partial charge in [0.1, 0.15) is 11.8 Å². The Morgan fingerprint density at radius 2 is 2.21 bits per heavy atom. The van der Waals surface area contributed by atoms with Gasteiger partial charge in [-0.05, 0) is 12.1 Å². The molecule has 6 heteroatoms. The van der Waals surface area contributed by atoms with Gasteiger partial charge in [0, 0.05) is 12.1 Å². The molecule has 0 aliphatic carbocycles. The van der Waals surface area contributed by atoms with Gasteiger partial charge < -0.3 is 15.9 Å². The topological polar surface area (TPSA) is 96.4 Å². The number of carboxylic acids is 1. The van der Waals surface area contributed by atoms with Crippen molar-refractivity contribution in [3.8, 4) is 5.75 Å². The fraction of sp³-hybridized carbons (Fsp3) is 0.250. The Morgan fingerprint density at radius 1 is 1.57 bits per heavy atom. The maximum Gasteiger partial charge on any atom is 0.320 e. The molecule has 0 aliphatic heterocycles. The van der Waals surface area contributed by atoms with Gasteiger partial charge in [-0.25, -0.2) is 0 Å². The Balaban J connectivity index is 0.00000169. The summed E-state index contributed by atoms with van der Waals surface area (Å²) in [6, 6.07) is 2.03. The van der Waals surface area contributed by atoms with E-state index in [2.05, 4.69) is 4.98 Å². The van der Waals surface area contributed by atoms with Crippen LogP contribution >= 0.6 is 12.4 Å². The third kappa shape index (κ3) is 3.59. The van der Waals surface area contributed by atoms with Crippen LogP contribution in [0.3, 0.4) is 0 Å². The molecule has 4 N–H and O–H groups in total. The molecule has 0 aliphatic rings. The van der Waals surface area contributed by atoms with E-state index in [0.717, 1.165) is 0 Å². The molecule has 1 heterocycles. The molecule has 14 heavy (non-hydrogen) atoms. The highest BCUT2D eigenvalue weighted by Gasteiger charge is 2.12. The highest BCUT2D eigenvalue weighted by Crippen LogP contribution is 2.06. The fourth-order valence-corrected chi connectivity index (χ4v) is 0.850. The van der Waals surface area contributed by atoms with Gasteiger partial charge in [-0.3, -0.25) is 9.78 Å². The Hall–Kier alpha value is -1.33. The molecule has 0 radical (unpaired) electrons. The number of hydrogen-bond acceptors (Lipinski definition) is 4. The minimum Gasteiger partial charge on any atom is -0.506 e. The smallest absolute Gasteiger partial charge is 0.320 e. The van der Waals surface area contributed by atoms with Gasteiger partial charge in [0.2, 0.25) is 0 Å². The zero-order chi connectivity index (χ0) is 9.84. The first-order valence-corrected chi connectivity index (χ1v) is 3.72. The number of nitrogens with two attached hydrogens (primary N) is 1. The molecular weight excluding hydrogens is 208 g/mol. The average molecular weight is 219 g/mol. The highest BCUT2D eigenvalue weighted by molar-refractivity contribution is 5.85. The van der Waals surface area contributed by atoms with Crippen molar-refractivity contribution in [3.63, 3.8) is 0 Å². The van der Waals surface area contributed by atoms with E-state index < -0.39 is 12.0 Å². The summed E-state index contributed by atoms with van der Waals surface area (Å²) in [6.45, 7) is 0. The first-order valence-electron chi connectivity index (χ1n) is 3.72. The number of nitrogens with zero attached hydrogens (tertiary/aromatic N) is 1. The summed E-state index contributed by atoms with van der Waals surface area (Å²) < 4.78 is 0. The molecule has 0 spiro atoms. The molecule has 78 valence electrons. The SMILES string of the molecule is Cl.N[C@@H](Cc1ccc(O)cn1)C(=O)O. The lowest BCUT2D eigenvalue weighted by molar-refractivity contribution is -0.138. The largest absolute Gasteiger partial charge is 0.506 e. The molecule has 1 aromatic heterocycles. The predicted octanol–water partition coefficient (Wildman–Crippen LogP) is 0.163. The van der Waals surface area contributed by atoms with Crippen LogP contribution in [0.4, 0.5) is 0 Å². The molecule has 0 unspecified atom stereocenters. The summed E-state index contributed by atoms with van der Waals surface area (Å²) in [5, 5.41) is 17.4. The lowest BCUT2D eigenvalue weighted by Crippen LogP contribution is -2.32. The van der Waals surface area contributed by atoms with Crippen molar-refractivity contribution in [2.75, 3.05) is 0 Å². The van der Waals surface area contributed by atoms with E-state index in [-0.39, 0.29) is 24.6 Å². The zero-order valence-corrected chi connectivity index (χ0v) is 8.07. The second-order valence-corrected chi connectivity index (χ2v) is 2.66. The highest BCUT2D eigenvalue weighted by atomic mass is 35.5. The van der Waals surface area contributed by atoms with Gasteiger partial charge >= 0.3 is 5.97 Å². The van der Waals surface area contributed by atoms with Gasteiger partial charge in [-0.15, -0.1) is 12.4 Å². The van der Waals surface area contributed by atoms with Crippen molar-refractivity contribution < 1.29 is 15.0 Å². The number of hydrogen-bond donors (Lipinski definition) is 3. The summed E-state index contributed by atoms with van der Waals surface area (Å²) in [4.78, 5) is 14.2. The molecule has 1 aromatic rings. The van der Waals surface area contributed by atoms with E-state index in [1.54, 1.807) is 0 Å². The summed E-state index contributed by atoms with van der Waals surface area (Å²) in [5.41, 5.74) is 5.83. The lowest BCUT2D eigenvalue weighted by Gasteiger charge is -2.04. The van der Waals surface area contributed by atoms with E-state index in [1.165, 1.54) is 18.3 Å². The summed E-state index contributed by atoms with van der Waals surface area (Å²) in [7, 11) is 0. The van der Waals surface area contributed by atoms with Gasteiger partial charge in [0.25, 0.3) is 0 Å². The fourth-order valence-electron chi connectivity index (χ4n) is 0.850. The quantitative estimate of drug-likeness (QED) is 0.672. The van der Waals surface area contributed by atoms with Crippen LogP contribution in [-0.4, -0.2) is 27.2 Å². The first-order chi connectivity index (χ1) is 6.09. The Labute approximate surface area is 87.0 Å². The lowest BCUT2D eigenvalue weighted by atomic mass is 10.1. The van der Waals surface area contributed by atoms with Crippen LogP contribution in [0, 0.1) is 0 Å². The molecule has 0 aromatic carbocycles. The first kappa shape index (κ1) is 12.7. The number of rotatable bonds is 3. The predicted molar refractivity (Wildman–Crippen MR) is 52.5 cm³/mol. The van der Waals surface area contributed by atoms with Crippen LogP contribution in [0.1, 0.15) is 5.69 Å². The van der Waals surface area contributed by atoms with Crippen molar-refractivity contribution in [1.29, 1.82) is 0 Å². The minimum absolute atomic E-state index is 0. The number of carboxylic acid groups (broad SMARTS) is 1. The second-order valence-electron chi connectivity index (χ2n) is 2.66. The van der Waals surface area contributed by atoms with Crippen LogP contribution in [0.15, 0.2) is 18.3 Å². The van der Waals surface area contributed by atoms with Gasteiger partial charge in [-0.2, -0.15) is 0 Å². The number of halogens is 1. The number of aliphatic carboxylic acids is 1. The van der Waals surface area contributed by atoms with E-state index >= 15 is 0 Å². The van der Waals surface area contributed by atoms with Crippen LogP contribution in [0.25, 0.3) is 0 Å². The van der Waals surface area contributed by atoms with Crippen molar-refractivity contribution in [3.05, 3.63) is 24.0 Å². The molecule has 1 atom stereocenters. The average Bonchev–Trinajstić information content (AvgIpc) is 2.08. The molecule has 0 fully saturated rings. The maximum absolute atomic E-state index is 10.4. The van der Waals surface area contributed by atoms with E-state index in [0.29, 0.717) is 5.69 Å². The molecule has 0 bridgehead atoms. The van der Waals surface area contributed by atoms with Crippen LogP contribution in [-0.2, 0) is 11.2 Å². The standard InChI is InChI=1S/C8H10N2O3.ClH/c9-7(8(12)13)3-5-1-2-6(11)4-10-5;/h1-2,4,7,11H,3,9H2,(H,12,13);1H/t7-;/m0./s1. The van der Waals surface area contributed by atoms with Gasteiger partial charge in [0.15, 0.2) is 0 Å². The third-order valence-corrected chi connectivity index (χ3v) is 1.56. The van der Waals surface area contributed by atoms with Gasteiger partial charge in [0.05, 0.1) is 6.20 Å². The number of aromatic nitrogens is 1. The van der Waals surface area contributed by atoms with Crippen molar-refractivity contribution in [2.24, 2.45) is 5.73 Å². The normalized spacial score (nSPS) is 11.5. The Kier molecular flexibility index (Phi) is 4.90. The van der Waals surface area contributed by atoms with E-state index in [4.69, 9.17) is 15.9 Å². The molecule has 0 amide bonds. The molecule has 0 saturated heterocycles. The van der Waals surface area contributed by atoms with Crippen molar-refractivity contribution >= 4 is 18.4 Å².